The lowest BCUT2D eigenvalue weighted by atomic mass is 10.1. The first kappa shape index (κ1) is 18.8. The Labute approximate surface area is 161 Å². The van der Waals surface area contributed by atoms with Gasteiger partial charge < -0.3 is 14.3 Å². The second kappa shape index (κ2) is 8.18. The van der Waals surface area contributed by atoms with Gasteiger partial charge in [0.2, 0.25) is 5.91 Å². The lowest BCUT2D eigenvalue weighted by Crippen LogP contribution is -2.34. The number of aromatic nitrogens is 1. The minimum Gasteiger partial charge on any atom is -0.467 e. The van der Waals surface area contributed by atoms with Crippen molar-refractivity contribution in [1.82, 2.24) is 9.88 Å². The van der Waals surface area contributed by atoms with Crippen LogP contribution in [0.5, 0.6) is 0 Å². The van der Waals surface area contributed by atoms with Crippen LogP contribution in [0.1, 0.15) is 39.5 Å². The molecule has 2 aromatic heterocycles. The Morgan fingerprint density at radius 1 is 1.26 bits per heavy atom. The molecule has 0 aliphatic rings. The first-order valence-electron chi connectivity index (χ1n) is 8.58. The molecule has 0 spiro atoms. The first-order chi connectivity index (χ1) is 12.9. The SMILES string of the molecule is Cc1cccc(C(=O)N=c2sc(C)cn2C(C)C(=O)NCc2ccco2)c1. The predicted octanol–water partition coefficient (Wildman–Crippen LogP) is 3.38. The molecule has 140 valence electrons. The number of aryl methyl sites for hydroxylation is 2. The number of hydrogen-bond donors (Lipinski definition) is 1. The van der Waals surface area contributed by atoms with Crippen molar-refractivity contribution in [1.29, 1.82) is 0 Å². The van der Waals surface area contributed by atoms with Gasteiger partial charge in [-0.25, -0.2) is 0 Å². The summed E-state index contributed by atoms with van der Waals surface area (Å²) in [5.41, 5.74) is 1.53. The molecule has 7 heteroatoms. The molecule has 3 aromatic rings. The van der Waals surface area contributed by atoms with E-state index in [9.17, 15) is 9.59 Å². The van der Waals surface area contributed by atoms with Gasteiger partial charge in [-0.1, -0.05) is 17.7 Å². The van der Waals surface area contributed by atoms with Crippen LogP contribution >= 0.6 is 11.3 Å². The van der Waals surface area contributed by atoms with Crippen molar-refractivity contribution in [2.75, 3.05) is 0 Å². The van der Waals surface area contributed by atoms with Crippen LogP contribution in [0.3, 0.4) is 0 Å². The summed E-state index contributed by atoms with van der Waals surface area (Å²) < 4.78 is 6.95. The van der Waals surface area contributed by atoms with E-state index in [1.54, 1.807) is 42.0 Å². The zero-order chi connectivity index (χ0) is 19.4. The van der Waals surface area contributed by atoms with E-state index < -0.39 is 6.04 Å². The van der Waals surface area contributed by atoms with Gasteiger partial charge in [0.05, 0.1) is 12.8 Å². The largest absolute Gasteiger partial charge is 0.467 e. The lowest BCUT2D eigenvalue weighted by Gasteiger charge is -2.13. The summed E-state index contributed by atoms with van der Waals surface area (Å²) in [6.45, 7) is 5.94. The van der Waals surface area contributed by atoms with Crippen molar-refractivity contribution < 1.29 is 14.0 Å². The molecule has 0 fully saturated rings. The van der Waals surface area contributed by atoms with Crippen LogP contribution in [0, 0.1) is 13.8 Å². The van der Waals surface area contributed by atoms with Gasteiger partial charge in [-0.05, 0) is 45.0 Å². The van der Waals surface area contributed by atoms with Crippen LogP contribution < -0.4 is 10.1 Å². The van der Waals surface area contributed by atoms with Crippen molar-refractivity contribution in [2.24, 2.45) is 4.99 Å². The summed E-state index contributed by atoms with van der Waals surface area (Å²) >= 11 is 1.38. The van der Waals surface area contributed by atoms with Crippen LogP contribution in [0.2, 0.25) is 0 Å². The molecule has 6 nitrogen and oxygen atoms in total. The Bertz CT molecular complexity index is 1020. The second-order valence-corrected chi connectivity index (χ2v) is 7.50. The normalized spacial score (nSPS) is 12.8. The van der Waals surface area contributed by atoms with Crippen molar-refractivity contribution in [3.63, 3.8) is 0 Å². The van der Waals surface area contributed by atoms with Gasteiger partial charge in [0.15, 0.2) is 4.80 Å². The summed E-state index contributed by atoms with van der Waals surface area (Å²) in [7, 11) is 0. The number of carbonyl (C=O) groups is 2. The van der Waals surface area contributed by atoms with E-state index in [1.165, 1.54) is 11.3 Å². The van der Waals surface area contributed by atoms with Gasteiger partial charge in [0.1, 0.15) is 11.8 Å². The van der Waals surface area contributed by atoms with Gasteiger partial charge in [-0.15, -0.1) is 11.3 Å². The lowest BCUT2D eigenvalue weighted by molar-refractivity contribution is -0.124. The van der Waals surface area contributed by atoms with Crippen LogP contribution in [0.15, 0.2) is 58.3 Å². The number of furan rings is 1. The maximum absolute atomic E-state index is 12.5. The molecule has 2 amide bonds. The van der Waals surface area contributed by atoms with Gasteiger partial charge in [-0.2, -0.15) is 4.99 Å². The van der Waals surface area contributed by atoms with E-state index in [0.717, 1.165) is 10.4 Å². The average molecular weight is 383 g/mol. The average Bonchev–Trinajstić information content (AvgIpc) is 3.28. The molecule has 1 unspecified atom stereocenters. The maximum atomic E-state index is 12.5. The number of nitrogens with one attached hydrogen (secondary N) is 1. The van der Waals surface area contributed by atoms with Crippen molar-refractivity contribution in [3.8, 4) is 0 Å². The molecule has 1 aromatic carbocycles. The summed E-state index contributed by atoms with van der Waals surface area (Å²) in [6.07, 6.45) is 3.40. The third-order valence-electron chi connectivity index (χ3n) is 4.07. The number of carbonyl (C=O) groups excluding carboxylic acids is 2. The Balaban J connectivity index is 1.82. The topological polar surface area (TPSA) is 76.6 Å². The van der Waals surface area contributed by atoms with Crippen LogP contribution in [-0.2, 0) is 11.3 Å². The van der Waals surface area contributed by atoms with Gasteiger partial charge >= 0.3 is 0 Å². The molecule has 0 bridgehead atoms. The summed E-state index contributed by atoms with van der Waals surface area (Å²) in [5.74, 6) is 0.188. The highest BCUT2D eigenvalue weighted by Gasteiger charge is 2.17. The molecular weight excluding hydrogens is 362 g/mol. The van der Waals surface area contributed by atoms with Crippen molar-refractivity contribution in [3.05, 3.63) is 75.4 Å². The predicted molar refractivity (Wildman–Crippen MR) is 103 cm³/mol. The Morgan fingerprint density at radius 3 is 2.78 bits per heavy atom. The van der Waals surface area contributed by atoms with Gasteiger partial charge in [0.25, 0.3) is 5.91 Å². The van der Waals surface area contributed by atoms with Gasteiger partial charge in [0, 0.05) is 16.6 Å². The Hall–Kier alpha value is -2.93. The monoisotopic (exact) mass is 383 g/mol. The Kier molecular flexibility index (Phi) is 5.71. The third kappa shape index (κ3) is 4.62. The van der Waals surface area contributed by atoms with Crippen LogP contribution in [-0.4, -0.2) is 16.4 Å². The number of nitrogens with zero attached hydrogens (tertiary/aromatic N) is 2. The standard InChI is InChI=1S/C20H21N3O3S/c1-13-6-4-7-16(10-13)19(25)22-20-23(12-14(2)27-20)15(3)18(24)21-11-17-8-5-9-26-17/h4-10,12,15H,11H2,1-3H3,(H,21,24). The smallest absolute Gasteiger partial charge is 0.279 e. The molecular formula is C20H21N3O3S. The zero-order valence-corrected chi connectivity index (χ0v) is 16.2. The number of rotatable bonds is 5. The van der Waals surface area contributed by atoms with E-state index >= 15 is 0 Å². The molecule has 1 atom stereocenters. The minimum absolute atomic E-state index is 0.173. The molecule has 27 heavy (non-hydrogen) atoms. The fraction of sp³-hybridized carbons (Fsp3) is 0.250. The summed E-state index contributed by atoms with van der Waals surface area (Å²) in [4.78, 5) is 30.7. The number of thiazole rings is 1. The number of amides is 2. The molecule has 0 saturated carbocycles. The first-order valence-corrected chi connectivity index (χ1v) is 9.40. The molecule has 1 N–H and O–H groups in total. The molecule has 2 heterocycles. The summed E-state index contributed by atoms with van der Waals surface area (Å²) in [6, 6.07) is 10.4. The number of hydrogen-bond acceptors (Lipinski definition) is 4. The van der Waals surface area contributed by atoms with Crippen LogP contribution in [0.25, 0.3) is 0 Å². The minimum atomic E-state index is -0.506. The van der Waals surface area contributed by atoms with Crippen molar-refractivity contribution in [2.45, 2.75) is 33.4 Å². The molecule has 0 radical (unpaired) electrons. The van der Waals surface area contributed by atoms with Crippen molar-refractivity contribution >= 4 is 23.2 Å². The van der Waals surface area contributed by atoms with E-state index in [4.69, 9.17) is 4.42 Å². The molecule has 0 aliphatic carbocycles. The quantitative estimate of drug-likeness (QED) is 0.734. The third-order valence-corrected chi connectivity index (χ3v) is 4.98. The highest BCUT2D eigenvalue weighted by molar-refractivity contribution is 7.09. The second-order valence-electron chi connectivity index (χ2n) is 6.29. The molecule has 0 aliphatic heterocycles. The molecule has 3 rings (SSSR count). The Morgan fingerprint density at radius 2 is 2.07 bits per heavy atom. The summed E-state index contributed by atoms with van der Waals surface area (Å²) in [5, 5.41) is 2.84. The maximum Gasteiger partial charge on any atom is 0.279 e. The zero-order valence-electron chi connectivity index (χ0n) is 15.4. The number of benzene rings is 1. The highest BCUT2D eigenvalue weighted by Crippen LogP contribution is 2.11. The van der Waals surface area contributed by atoms with E-state index in [-0.39, 0.29) is 11.8 Å². The fourth-order valence-corrected chi connectivity index (χ4v) is 3.52. The highest BCUT2D eigenvalue weighted by atomic mass is 32.1. The molecule has 0 saturated heterocycles. The fourth-order valence-electron chi connectivity index (χ4n) is 2.62. The van der Waals surface area contributed by atoms with Gasteiger partial charge in [-0.3, -0.25) is 9.59 Å². The van der Waals surface area contributed by atoms with E-state index in [1.807, 2.05) is 32.2 Å². The van der Waals surface area contributed by atoms with E-state index in [2.05, 4.69) is 10.3 Å². The van der Waals surface area contributed by atoms with Crippen LogP contribution in [0.4, 0.5) is 0 Å². The van der Waals surface area contributed by atoms with E-state index in [0.29, 0.717) is 22.7 Å².